The van der Waals surface area contributed by atoms with E-state index in [1.165, 1.54) is 6.33 Å². The van der Waals surface area contributed by atoms with E-state index in [-0.39, 0.29) is 33.7 Å². The number of aromatic nitrogens is 2. The summed E-state index contributed by atoms with van der Waals surface area (Å²) < 4.78 is 0. The van der Waals surface area contributed by atoms with Gasteiger partial charge < -0.3 is 11.5 Å². The van der Waals surface area contributed by atoms with Crippen LogP contribution in [0.1, 0.15) is 0 Å². The van der Waals surface area contributed by atoms with E-state index < -0.39 is 0 Å². The van der Waals surface area contributed by atoms with E-state index >= 15 is 0 Å². The predicted octanol–water partition coefficient (Wildman–Crippen LogP) is 0.292. The third kappa shape index (κ3) is 1.73. The fourth-order valence-electron chi connectivity index (χ4n) is 0.387. The summed E-state index contributed by atoms with van der Waals surface area (Å²) in [5.41, 5.74) is 10.8. The average Bonchev–Trinajstić information content (AvgIpc) is 1.83. The molecule has 0 spiro atoms. The molecule has 0 aliphatic carbocycles. The van der Waals surface area contributed by atoms with Crippen molar-refractivity contribution in [2.24, 2.45) is 0 Å². The summed E-state index contributed by atoms with van der Waals surface area (Å²) in [5.74, 6) is 0.218. The predicted molar refractivity (Wildman–Crippen MR) is 35.9 cm³/mol. The third-order valence-corrected chi connectivity index (χ3v) is 1.17. The van der Waals surface area contributed by atoms with Gasteiger partial charge in [-0.15, -0.1) is 0 Å². The van der Waals surface area contributed by atoms with Gasteiger partial charge in [0.2, 0.25) is 0 Å². The molecule has 1 aromatic rings. The first kappa shape index (κ1) is 9.49. The number of anilines is 2. The van der Waals surface area contributed by atoms with Gasteiger partial charge in [0.1, 0.15) is 12.0 Å². The van der Waals surface area contributed by atoms with Gasteiger partial charge >= 0.3 is 0 Å². The van der Waals surface area contributed by atoms with Crippen LogP contribution in [0.3, 0.4) is 0 Å². The maximum Gasteiger partial charge on any atom is 0.157 e. The molecular weight excluding hydrogens is 195 g/mol. The number of nitrogens with two attached hydrogens (primary N) is 2. The molecule has 0 saturated carbocycles. The molecule has 1 aromatic heterocycles. The third-order valence-electron chi connectivity index (χ3n) is 0.866. The topological polar surface area (TPSA) is 77.8 Å². The van der Waals surface area contributed by atoms with E-state index in [1.54, 1.807) is 0 Å². The van der Waals surface area contributed by atoms with Gasteiger partial charge in [-0.25, -0.2) is 9.97 Å². The molecule has 4 N–H and O–H groups in total. The minimum atomic E-state index is 0. The Balaban J connectivity index is 0.000000810. The van der Waals surface area contributed by atoms with Crippen molar-refractivity contribution in [2.75, 3.05) is 11.5 Å². The van der Waals surface area contributed by atoms with Gasteiger partial charge in [-0.2, -0.15) is 0 Å². The van der Waals surface area contributed by atoms with Gasteiger partial charge in [-0.3, -0.25) is 0 Å². The minimum absolute atomic E-state index is 0. The van der Waals surface area contributed by atoms with Crippen molar-refractivity contribution in [2.45, 2.75) is 0 Å². The molecule has 0 saturated heterocycles. The van der Waals surface area contributed by atoms with Crippen LogP contribution in [0, 0.1) is 0 Å². The molecule has 0 aliphatic rings. The molecule has 0 atom stereocenters. The molecule has 0 unspecified atom stereocenters. The van der Waals surface area contributed by atoms with Crippen molar-refractivity contribution in [3.05, 3.63) is 11.5 Å². The second-order valence-corrected chi connectivity index (χ2v) is 1.82. The summed E-state index contributed by atoms with van der Waals surface area (Å²) in [6.45, 7) is 0. The molecule has 0 bridgehead atoms. The van der Waals surface area contributed by atoms with Gasteiger partial charge in [0.15, 0.2) is 11.0 Å². The van der Waals surface area contributed by atoms with Crippen LogP contribution in [0.25, 0.3) is 0 Å². The molecule has 6 heteroatoms. The summed E-state index contributed by atoms with van der Waals surface area (Å²) in [6, 6.07) is 0. The van der Waals surface area contributed by atoms with Crippen molar-refractivity contribution in [3.8, 4) is 0 Å². The molecule has 0 aliphatic heterocycles. The van der Waals surface area contributed by atoms with Crippen LogP contribution in [0.15, 0.2) is 6.33 Å². The fourth-order valence-corrected chi connectivity index (χ4v) is 0.527. The van der Waals surface area contributed by atoms with Crippen LogP contribution in [0.4, 0.5) is 11.5 Å². The van der Waals surface area contributed by atoms with E-state index in [0.29, 0.717) is 0 Å². The SMILES string of the molecule is Nc1ncnc(Cl)c1N.[Fe]. The number of hydrogen-bond acceptors (Lipinski definition) is 4. The van der Waals surface area contributed by atoms with E-state index in [1.807, 2.05) is 0 Å². The summed E-state index contributed by atoms with van der Waals surface area (Å²) in [4.78, 5) is 7.19. The molecule has 1 heterocycles. The Hall–Kier alpha value is -0.511. The number of nitrogens with zero attached hydrogens (tertiary/aromatic N) is 2. The normalized spacial score (nSPS) is 8.50. The number of nitrogen functional groups attached to an aromatic ring is 2. The van der Waals surface area contributed by atoms with Gasteiger partial charge in [0.05, 0.1) is 0 Å². The monoisotopic (exact) mass is 200 g/mol. The molecule has 0 radical (unpaired) electrons. The summed E-state index contributed by atoms with van der Waals surface area (Å²) in [6.07, 6.45) is 1.26. The zero-order chi connectivity index (χ0) is 6.85. The smallest absolute Gasteiger partial charge is 0.157 e. The quantitative estimate of drug-likeness (QED) is 0.466. The summed E-state index contributed by atoms with van der Waals surface area (Å²) in [7, 11) is 0. The van der Waals surface area contributed by atoms with E-state index in [4.69, 9.17) is 23.1 Å². The zero-order valence-corrected chi connectivity index (χ0v) is 6.72. The standard InChI is InChI=1S/C4H5ClN4.Fe/c5-3-2(6)4(7)9-1-8-3;/h1H,6H2,(H2,7,8,9);. The minimum Gasteiger partial charge on any atom is -0.393 e. The van der Waals surface area contributed by atoms with Crippen LogP contribution < -0.4 is 11.5 Å². The Bertz CT molecular complexity index is 208. The molecule has 1 rings (SSSR count). The van der Waals surface area contributed by atoms with Crippen molar-refractivity contribution in [3.63, 3.8) is 0 Å². The van der Waals surface area contributed by atoms with Crippen LogP contribution >= 0.6 is 11.6 Å². The first-order valence-corrected chi connectivity index (χ1v) is 2.61. The Morgan fingerprint density at radius 3 is 2.30 bits per heavy atom. The Kier molecular flexibility index (Phi) is 3.42. The summed E-state index contributed by atoms with van der Waals surface area (Å²) >= 11 is 5.46. The summed E-state index contributed by atoms with van der Waals surface area (Å²) in [5, 5.41) is 0.197. The van der Waals surface area contributed by atoms with Crippen LogP contribution in [0.2, 0.25) is 5.15 Å². The van der Waals surface area contributed by atoms with Crippen LogP contribution in [-0.4, -0.2) is 9.97 Å². The van der Waals surface area contributed by atoms with Crippen molar-refractivity contribution >= 4 is 23.1 Å². The number of hydrogen-bond donors (Lipinski definition) is 2. The van der Waals surface area contributed by atoms with Crippen molar-refractivity contribution in [1.82, 2.24) is 9.97 Å². The Morgan fingerprint density at radius 1 is 1.30 bits per heavy atom. The second kappa shape index (κ2) is 3.61. The largest absolute Gasteiger partial charge is 0.393 e. The molecular formula is C4H5ClFeN4. The molecule has 4 nitrogen and oxygen atoms in total. The molecule has 0 aromatic carbocycles. The van der Waals surface area contributed by atoms with Crippen molar-refractivity contribution in [1.29, 1.82) is 0 Å². The Morgan fingerprint density at radius 2 is 1.90 bits per heavy atom. The molecule has 0 fully saturated rings. The first-order valence-electron chi connectivity index (χ1n) is 2.23. The first-order chi connectivity index (χ1) is 4.22. The van der Waals surface area contributed by atoms with E-state index in [0.717, 1.165) is 0 Å². The molecule has 0 amide bonds. The van der Waals surface area contributed by atoms with Gasteiger partial charge in [-0.1, -0.05) is 11.6 Å². The van der Waals surface area contributed by atoms with Gasteiger partial charge in [-0.05, 0) is 0 Å². The maximum absolute atomic E-state index is 5.46. The van der Waals surface area contributed by atoms with Crippen LogP contribution in [0.5, 0.6) is 0 Å². The van der Waals surface area contributed by atoms with Gasteiger partial charge in [0.25, 0.3) is 0 Å². The number of halogens is 1. The van der Waals surface area contributed by atoms with Crippen LogP contribution in [-0.2, 0) is 17.1 Å². The maximum atomic E-state index is 5.46. The van der Waals surface area contributed by atoms with E-state index in [9.17, 15) is 0 Å². The van der Waals surface area contributed by atoms with Crippen molar-refractivity contribution < 1.29 is 17.1 Å². The average molecular weight is 200 g/mol. The molecule has 10 heavy (non-hydrogen) atoms. The fraction of sp³-hybridized carbons (Fsp3) is 0. The van der Waals surface area contributed by atoms with E-state index in [2.05, 4.69) is 9.97 Å². The van der Waals surface area contributed by atoms with Gasteiger partial charge in [0, 0.05) is 17.1 Å². The molecule has 56 valence electrons. The zero-order valence-electron chi connectivity index (χ0n) is 4.86. The number of rotatable bonds is 0. The second-order valence-electron chi connectivity index (χ2n) is 1.46. The Labute approximate surface area is 73.4 Å².